The van der Waals surface area contributed by atoms with E-state index >= 15 is 0 Å². The lowest BCUT2D eigenvalue weighted by Gasteiger charge is -2.10. The van der Waals surface area contributed by atoms with Crippen LogP contribution in [0.1, 0.15) is 28.3 Å². The van der Waals surface area contributed by atoms with Crippen molar-refractivity contribution in [1.82, 2.24) is 15.3 Å². The molecule has 0 bridgehead atoms. The molecule has 0 atom stereocenters. The van der Waals surface area contributed by atoms with Gasteiger partial charge in [-0.2, -0.15) is 0 Å². The number of rotatable bonds is 7. The Morgan fingerprint density at radius 1 is 1.25 bits per heavy atom. The highest BCUT2D eigenvalue weighted by atomic mass is 79.9. The summed E-state index contributed by atoms with van der Waals surface area (Å²) in [6, 6.07) is 7.58. The molecule has 24 heavy (non-hydrogen) atoms. The second-order valence-corrected chi connectivity index (χ2v) is 6.23. The van der Waals surface area contributed by atoms with Gasteiger partial charge in [-0.1, -0.05) is 22.0 Å². The molecule has 0 aliphatic rings. The molecule has 0 unspecified atom stereocenters. The largest absolute Gasteiger partial charge is 0.385 e. The SMILES string of the molecule is COCCCNC(=O)c1cc(Nc2ccc(C)c(Br)c2)nc(C)n1. The molecule has 1 heterocycles. The van der Waals surface area contributed by atoms with Gasteiger partial charge < -0.3 is 15.4 Å². The van der Waals surface area contributed by atoms with E-state index in [4.69, 9.17) is 4.74 Å². The molecule has 0 spiro atoms. The summed E-state index contributed by atoms with van der Waals surface area (Å²) in [5.41, 5.74) is 2.38. The Labute approximate surface area is 150 Å². The molecule has 7 heteroatoms. The zero-order valence-corrected chi connectivity index (χ0v) is 15.6. The third-order valence-electron chi connectivity index (χ3n) is 3.33. The normalized spacial score (nSPS) is 10.5. The Morgan fingerprint density at radius 2 is 2.04 bits per heavy atom. The van der Waals surface area contributed by atoms with Gasteiger partial charge in [-0.05, 0) is 38.0 Å². The molecule has 2 rings (SSSR count). The number of amides is 1. The number of carbonyl (C=O) groups is 1. The smallest absolute Gasteiger partial charge is 0.270 e. The van der Waals surface area contributed by atoms with E-state index < -0.39 is 0 Å². The molecule has 0 fully saturated rings. The summed E-state index contributed by atoms with van der Waals surface area (Å²) in [6.45, 7) is 4.94. The summed E-state index contributed by atoms with van der Waals surface area (Å²) < 4.78 is 5.97. The molecule has 2 aromatic rings. The van der Waals surface area contributed by atoms with Crippen LogP contribution in [0.25, 0.3) is 0 Å². The van der Waals surface area contributed by atoms with Gasteiger partial charge in [-0.25, -0.2) is 9.97 Å². The fourth-order valence-electron chi connectivity index (χ4n) is 2.08. The first-order chi connectivity index (χ1) is 11.5. The fourth-order valence-corrected chi connectivity index (χ4v) is 2.45. The van der Waals surface area contributed by atoms with Gasteiger partial charge in [-0.15, -0.1) is 0 Å². The van der Waals surface area contributed by atoms with Crippen molar-refractivity contribution >= 4 is 33.3 Å². The lowest BCUT2D eigenvalue weighted by molar-refractivity contribution is 0.0943. The van der Waals surface area contributed by atoms with Crippen LogP contribution in [0.2, 0.25) is 0 Å². The molecule has 0 aliphatic carbocycles. The van der Waals surface area contributed by atoms with E-state index in [0.29, 0.717) is 30.5 Å². The average Bonchev–Trinajstić information content (AvgIpc) is 2.54. The van der Waals surface area contributed by atoms with Crippen molar-refractivity contribution in [2.45, 2.75) is 20.3 Å². The van der Waals surface area contributed by atoms with Gasteiger partial charge in [0.1, 0.15) is 17.3 Å². The number of hydrogen-bond acceptors (Lipinski definition) is 5. The highest BCUT2D eigenvalue weighted by Gasteiger charge is 2.10. The minimum Gasteiger partial charge on any atom is -0.385 e. The van der Waals surface area contributed by atoms with E-state index in [-0.39, 0.29) is 5.91 Å². The van der Waals surface area contributed by atoms with E-state index in [1.54, 1.807) is 20.1 Å². The number of anilines is 2. The summed E-state index contributed by atoms with van der Waals surface area (Å²) in [4.78, 5) is 20.7. The van der Waals surface area contributed by atoms with Gasteiger partial charge in [0.25, 0.3) is 5.91 Å². The molecule has 1 aromatic heterocycles. The van der Waals surface area contributed by atoms with E-state index in [2.05, 4.69) is 36.5 Å². The third kappa shape index (κ3) is 5.28. The van der Waals surface area contributed by atoms with Crippen molar-refractivity contribution in [2.24, 2.45) is 0 Å². The first-order valence-electron chi connectivity index (χ1n) is 7.65. The molecule has 1 aromatic carbocycles. The lowest BCUT2D eigenvalue weighted by Crippen LogP contribution is -2.26. The number of carbonyl (C=O) groups excluding carboxylic acids is 1. The lowest BCUT2D eigenvalue weighted by atomic mass is 10.2. The number of ether oxygens (including phenoxy) is 1. The molecule has 0 saturated heterocycles. The Balaban J connectivity index is 2.10. The number of nitrogens with one attached hydrogen (secondary N) is 2. The predicted octanol–water partition coefficient (Wildman–Crippen LogP) is 3.37. The van der Waals surface area contributed by atoms with Gasteiger partial charge in [0, 0.05) is 36.5 Å². The molecule has 128 valence electrons. The van der Waals surface area contributed by atoms with Crippen LogP contribution < -0.4 is 10.6 Å². The predicted molar refractivity (Wildman–Crippen MR) is 97.8 cm³/mol. The number of aryl methyl sites for hydroxylation is 2. The van der Waals surface area contributed by atoms with Crippen LogP contribution in [0, 0.1) is 13.8 Å². The Hall–Kier alpha value is -1.99. The number of halogens is 1. The number of benzene rings is 1. The van der Waals surface area contributed by atoms with E-state index in [0.717, 1.165) is 22.1 Å². The quantitative estimate of drug-likeness (QED) is 0.706. The van der Waals surface area contributed by atoms with Gasteiger partial charge in [0.05, 0.1) is 0 Å². The maximum absolute atomic E-state index is 12.2. The third-order valence-corrected chi connectivity index (χ3v) is 4.18. The summed E-state index contributed by atoms with van der Waals surface area (Å²) in [5, 5.41) is 6.03. The maximum Gasteiger partial charge on any atom is 0.270 e. The van der Waals surface area contributed by atoms with Crippen LogP contribution in [-0.2, 0) is 4.74 Å². The number of hydrogen-bond donors (Lipinski definition) is 2. The van der Waals surface area contributed by atoms with Crippen LogP contribution in [0.5, 0.6) is 0 Å². The average molecular weight is 393 g/mol. The first kappa shape index (κ1) is 18.4. The van der Waals surface area contributed by atoms with Crippen molar-refractivity contribution in [2.75, 3.05) is 25.6 Å². The van der Waals surface area contributed by atoms with Gasteiger partial charge in [-0.3, -0.25) is 4.79 Å². The molecule has 0 saturated carbocycles. The minimum absolute atomic E-state index is 0.218. The van der Waals surface area contributed by atoms with Gasteiger partial charge >= 0.3 is 0 Å². The van der Waals surface area contributed by atoms with Crippen molar-refractivity contribution in [3.63, 3.8) is 0 Å². The molecule has 0 aliphatic heterocycles. The highest BCUT2D eigenvalue weighted by molar-refractivity contribution is 9.10. The monoisotopic (exact) mass is 392 g/mol. The summed E-state index contributed by atoms with van der Waals surface area (Å²) >= 11 is 3.51. The summed E-state index contributed by atoms with van der Waals surface area (Å²) in [5.74, 6) is 0.901. The van der Waals surface area contributed by atoms with E-state index in [9.17, 15) is 4.79 Å². The van der Waals surface area contributed by atoms with E-state index in [1.165, 1.54) is 0 Å². The second-order valence-electron chi connectivity index (χ2n) is 5.38. The summed E-state index contributed by atoms with van der Waals surface area (Å²) in [7, 11) is 1.64. The number of aromatic nitrogens is 2. The molecule has 2 N–H and O–H groups in total. The van der Waals surface area contributed by atoms with Gasteiger partial charge in [0.2, 0.25) is 0 Å². The zero-order valence-electron chi connectivity index (χ0n) is 14.0. The topological polar surface area (TPSA) is 76.1 Å². The van der Waals surface area contributed by atoms with Crippen LogP contribution in [0.3, 0.4) is 0 Å². The zero-order chi connectivity index (χ0) is 17.5. The molecule has 1 amide bonds. The van der Waals surface area contributed by atoms with Crippen LogP contribution in [0.4, 0.5) is 11.5 Å². The molecular weight excluding hydrogens is 372 g/mol. The maximum atomic E-state index is 12.2. The molecular formula is C17H21BrN4O2. The van der Waals surface area contributed by atoms with Crippen molar-refractivity contribution in [1.29, 1.82) is 0 Å². The van der Waals surface area contributed by atoms with Crippen molar-refractivity contribution in [3.8, 4) is 0 Å². The van der Waals surface area contributed by atoms with Crippen LogP contribution in [-0.4, -0.2) is 36.1 Å². The van der Waals surface area contributed by atoms with Crippen molar-refractivity contribution < 1.29 is 9.53 Å². The minimum atomic E-state index is -0.218. The Kier molecular flexibility index (Phi) is 6.69. The summed E-state index contributed by atoms with van der Waals surface area (Å²) in [6.07, 6.45) is 0.759. The standard InChI is InChI=1S/C17H21BrN4O2/c1-11-5-6-13(9-14(11)18)22-16-10-15(20-12(2)21-16)17(23)19-7-4-8-24-3/h5-6,9-10H,4,7-8H2,1-3H3,(H,19,23)(H,20,21,22). The fraction of sp³-hybridized carbons (Fsp3) is 0.353. The second kappa shape index (κ2) is 8.75. The van der Waals surface area contributed by atoms with Crippen LogP contribution in [0.15, 0.2) is 28.7 Å². The molecule has 0 radical (unpaired) electrons. The highest BCUT2D eigenvalue weighted by Crippen LogP contribution is 2.23. The molecule has 6 nitrogen and oxygen atoms in total. The Bertz CT molecular complexity index is 722. The van der Waals surface area contributed by atoms with E-state index in [1.807, 2.05) is 25.1 Å². The number of nitrogens with zero attached hydrogens (tertiary/aromatic N) is 2. The first-order valence-corrected chi connectivity index (χ1v) is 8.45. The van der Waals surface area contributed by atoms with Gasteiger partial charge in [0.15, 0.2) is 0 Å². The van der Waals surface area contributed by atoms with Crippen LogP contribution >= 0.6 is 15.9 Å². The van der Waals surface area contributed by atoms with Crippen molar-refractivity contribution in [3.05, 3.63) is 45.8 Å². The number of methoxy groups -OCH3 is 1. The Morgan fingerprint density at radius 3 is 2.75 bits per heavy atom.